The van der Waals surface area contributed by atoms with E-state index in [9.17, 15) is 39.8 Å². The summed E-state index contributed by atoms with van der Waals surface area (Å²) in [5, 5.41) is 50.0. The predicted octanol–water partition coefficient (Wildman–Crippen LogP) is 7.14. The highest BCUT2D eigenvalue weighted by molar-refractivity contribution is 7.47. The number of carbonyl (C=O) groups is 1. The molecule has 13 heteroatoms. The predicted molar refractivity (Wildman–Crippen MR) is 207 cm³/mol. The number of esters is 1. The van der Waals surface area contributed by atoms with E-state index in [2.05, 4.69) is 50.3 Å². The van der Waals surface area contributed by atoms with Crippen molar-refractivity contribution in [2.45, 2.75) is 191 Å². The molecule has 53 heavy (non-hydrogen) atoms. The van der Waals surface area contributed by atoms with Gasteiger partial charge in [-0.2, -0.15) is 0 Å². The molecule has 1 saturated carbocycles. The molecule has 1 aliphatic carbocycles. The SMILES string of the molecule is CC/C=C\C/C=C\C/C=C\CCCCCCOCC(COP(=O)(O)OC1C(O)C(O)C(O)C(O)C1O)OC(=O)CCCCCCCCCCCCCC. The maximum absolute atomic E-state index is 12.8. The van der Waals surface area contributed by atoms with Gasteiger partial charge in [0, 0.05) is 13.0 Å². The number of unbranched alkanes of at least 4 members (excludes halogenated alkanes) is 15. The largest absolute Gasteiger partial charge is 0.472 e. The molecule has 6 atom stereocenters. The number of rotatable bonds is 33. The molecule has 0 aromatic carbocycles. The van der Waals surface area contributed by atoms with Crippen LogP contribution in [0.4, 0.5) is 0 Å². The van der Waals surface area contributed by atoms with E-state index in [1.807, 2.05) is 0 Å². The molecule has 0 aliphatic heterocycles. The smallest absolute Gasteiger partial charge is 0.457 e. The second kappa shape index (κ2) is 31.7. The van der Waals surface area contributed by atoms with Crippen molar-refractivity contribution in [2.24, 2.45) is 0 Å². The second-order valence-electron chi connectivity index (χ2n) is 14.1. The van der Waals surface area contributed by atoms with Crippen LogP contribution in [0.1, 0.15) is 149 Å². The summed E-state index contributed by atoms with van der Waals surface area (Å²) in [5.41, 5.74) is 0. The van der Waals surface area contributed by atoms with Crippen molar-refractivity contribution in [2.75, 3.05) is 19.8 Å². The fourth-order valence-corrected chi connectivity index (χ4v) is 6.99. The molecule has 0 radical (unpaired) electrons. The Morgan fingerprint density at radius 3 is 1.70 bits per heavy atom. The lowest BCUT2D eigenvalue weighted by Gasteiger charge is -2.41. The summed E-state index contributed by atoms with van der Waals surface area (Å²) in [4.78, 5) is 23.0. The van der Waals surface area contributed by atoms with E-state index in [4.69, 9.17) is 18.5 Å². The van der Waals surface area contributed by atoms with Crippen molar-refractivity contribution < 1.29 is 58.3 Å². The molecule has 310 valence electrons. The third-order valence-corrected chi connectivity index (χ3v) is 10.3. The van der Waals surface area contributed by atoms with E-state index in [-0.39, 0.29) is 13.0 Å². The van der Waals surface area contributed by atoms with Crippen LogP contribution in [-0.2, 0) is 27.9 Å². The molecule has 0 heterocycles. The zero-order valence-corrected chi connectivity index (χ0v) is 33.5. The van der Waals surface area contributed by atoms with Gasteiger partial charge in [-0.25, -0.2) is 4.57 Å². The summed E-state index contributed by atoms with van der Waals surface area (Å²) in [6.07, 6.45) is 22.2. The van der Waals surface area contributed by atoms with Crippen LogP contribution in [0.5, 0.6) is 0 Å². The number of phosphoric ester groups is 1. The highest BCUT2D eigenvalue weighted by atomic mass is 31.2. The maximum atomic E-state index is 12.8. The van der Waals surface area contributed by atoms with Gasteiger partial charge in [-0.1, -0.05) is 134 Å². The van der Waals surface area contributed by atoms with Gasteiger partial charge in [0.25, 0.3) is 0 Å². The Labute approximate surface area is 319 Å². The van der Waals surface area contributed by atoms with Crippen molar-refractivity contribution in [1.82, 2.24) is 0 Å². The number of aliphatic hydroxyl groups excluding tert-OH is 5. The lowest BCUT2D eigenvalue weighted by molar-refractivity contribution is -0.220. The number of aliphatic hydroxyl groups is 5. The van der Waals surface area contributed by atoms with Gasteiger partial charge < -0.3 is 39.9 Å². The first-order valence-corrected chi connectivity index (χ1v) is 21.8. The Balaban J connectivity index is 2.47. The Bertz CT molecular complexity index is 1020. The van der Waals surface area contributed by atoms with Crippen LogP contribution in [0.25, 0.3) is 0 Å². The molecule has 1 aliphatic rings. The molecule has 1 rings (SSSR count). The number of phosphoric acid groups is 1. The monoisotopic (exact) mass is 776 g/mol. The quantitative estimate of drug-likeness (QED) is 0.0171. The van der Waals surface area contributed by atoms with Gasteiger partial charge in [-0.05, 0) is 44.9 Å². The van der Waals surface area contributed by atoms with Gasteiger partial charge in [-0.15, -0.1) is 0 Å². The number of ether oxygens (including phenoxy) is 2. The van der Waals surface area contributed by atoms with Gasteiger partial charge in [0.15, 0.2) is 0 Å². The number of carbonyl (C=O) groups excluding carboxylic acids is 1. The van der Waals surface area contributed by atoms with Crippen LogP contribution < -0.4 is 0 Å². The number of allylic oxidation sites excluding steroid dienone is 6. The van der Waals surface area contributed by atoms with Gasteiger partial charge in [0.2, 0.25) is 0 Å². The minimum Gasteiger partial charge on any atom is -0.457 e. The Hall–Kier alpha value is -1.44. The summed E-state index contributed by atoms with van der Waals surface area (Å²) in [7, 11) is -5.01. The van der Waals surface area contributed by atoms with Gasteiger partial charge in [0.05, 0.1) is 13.2 Å². The number of hydrogen-bond donors (Lipinski definition) is 6. The highest BCUT2D eigenvalue weighted by Crippen LogP contribution is 2.47. The average molecular weight is 777 g/mol. The Morgan fingerprint density at radius 1 is 0.623 bits per heavy atom. The Morgan fingerprint density at radius 2 is 1.11 bits per heavy atom. The molecule has 0 saturated heterocycles. The molecule has 0 bridgehead atoms. The van der Waals surface area contributed by atoms with E-state index >= 15 is 0 Å². The first kappa shape index (κ1) is 49.6. The minimum absolute atomic E-state index is 0.0903. The number of hydrogen-bond acceptors (Lipinski definition) is 11. The lowest BCUT2D eigenvalue weighted by atomic mass is 9.85. The van der Waals surface area contributed by atoms with Gasteiger partial charge >= 0.3 is 13.8 Å². The first-order valence-electron chi connectivity index (χ1n) is 20.3. The van der Waals surface area contributed by atoms with Crippen molar-refractivity contribution in [3.63, 3.8) is 0 Å². The lowest BCUT2D eigenvalue weighted by Crippen LogP contribution is -2.64. The van der Waals surface area contributed by atoms with Gasteiger partial charge in [0.1, 0.15) is 42.7 Å². The van der Waals surface area contributed by atoms with Gasteiger partial charge in [-0.3, -0.25) is 13.8 Å². The minimum atomic E-state index is -5.01. The summed E-state index contributed by atoms with van der Waals surface area (Å²) >= 11 is 0. The molecule has 12 nitrogen and oxygen atoms in total. The third-order valence-electron chi connectivity index (χ3n) is 9.28. The molecule has 6 N–H and O–H groups in total. The molecule has 0 aromatic rings. The molecule has 0 spiro atoms. The topological polar surface area (TPSA) is 192 Å². The first-order chi connectivity index (χ1) is 25.5. The van der Waals surface area contributed by atoms with E-state index in [0.29, 0.717) is 13.0 Å². The summed E-state index contributed by atoms with van der Waals surface area (Å²) in [6, 6.07) is 0. The molecule has 0 amide bonds. The van der Waals surface area contributed by atoms with E-state index < -0.39 is 63.1 Å². The molecule has 0 aromatic heterocycles. The second-order valence-corrected chi connectivity index (χ2v) is 15.5. The fourth-order valence-electron chi connectivity index (χ4n) is 6.02. The zero-order chi connectivity index (χ0) is 39.2. The molecule has 6 unspecified atom stereocenters. The van der Waals surface area contributed by atoms with Crippen LogP contribution in [-0.4, -0.2) is 98.9 Å². The van der Waals surface area contributed by atoms with Crippen LogP contribution in [0, 0.1) is 0 Å². The van der Waals surface area contributed by atoms with Crippen molar-refractivity contribution >= 4 is 13.8 Å². The molecular formula is C40H73O12P. The van der Waals surface area contributed by atoms with Crippen LogP contribution in [0.2, 0.25) is 0 Å². The zero-order valence-electron chi connectivity index (χ0n) is 32.6. The van der Waals surface area contributed by atoms with E-state index in [0.717, 1.165) is 70.6 Å². The van der Waals surface area contributed by atoms with E-state index in [1.165, 1.54) is 51.4 Å². The summed E-state index contributed by atoms with van der Waals surface area (Å²) in [6.45, 7) is 4.07. The fraction of sp³-hybridized carbons (Fsp3) is 0.825. The van der Waals surface area contributed by atoms with E-state index in [1.54, 1.807) is 0 Å². The van der Waals surface area contributed by atoms with Crippen LogP contribution in [0.15, 0.2) is 36.5 Å². The average Bonchev–Trinajstić information content (AvgIpc) is 3.14. The normalized spacial score (nSPS) is 24.0. The standard InChI is InChI=1S/C40H73O12P/c1-3-5-7-9-11-13-15-17-18-20-22-24-26-28-30-49-31-33(51-34(41)29-27-25-23-21-19-16-14-12-10-8-6-4-2)32-50-53(47,48)52-40-38(45)36(43)35(42)37(44)39(40)46/h5,7,11,13,17-18,33,35-40,42-46H,3-4,6,8-10,12,14-16,19-32H2,1-2H3,(H,47,48)/b7-5-,13-11-,18-17-. The van der Waals surface area contributed by atoms with Crippen LogP contribution >= 0.6 is 7.82 Å². The molecular weight excluding hydrogens is 703 g/mol. The van der Waals surface area contributed by atoms with Crippen molar-refractivity contribution in [3.05, 3.63) is 36.5 Å². The summed E-state index contributed by atoms with van der Waals surface area (Å²) < 4.78 is 34.0. The highest BCUT2D eigenvalue weighted by Gasteiger charge is 2.51. The summed E-state index contributed by atoms with van der Waals surface area (Å²) in [5.74, 6) is -0.488. The van der Waals surface area contributed by atoms with Crippen LogP contribution in [0.3, 0.4) is 0 Å². The van der Waals surface area contributed by atoms with Crippen molar-refractivity contribution in [1.29, 1.82) is 0 Å². The maximum Gasteiger partial charge on any atom is 0.472 e. The van der Waals surface area contributed by atoms with Crippen molar-refractivity contribution in [3.8, 4) is 0 Å². The Kier molecular flexibility index (Phi) is 29.7. The molecule has 1 fully saturated rings. The third kappa shape index (κ3) is 24.6.